The highest BCUT2D eigenvalue weighted by Crippen LogP contribution is 2.27. The number of hydrogen-bond acceptors (Lipinski definition) is 5. The van der Waals surface area contributed by atoms with E-state index in [1.165, 1.54) is 24.8 Å². The van der Waals surface area contributed by atoms with Crippen molar-refractivity contribution in [2.45, 2.75) is 4.21 Å². The van der Waals surface area contributed by atoms with E-state index in [1.54, 1.807) is 6.07 Å². The molecular formula is C8H6BrN3O2S2. The zero-order chi connectivity index (χ0) is 11.6. The van der Waals surface area contributed by atoms with E-state index in [2.05, 4.69) is 30.6 Å². The Labute approximate surface area is 105 Å². The van der Waals surface area contributed by atoms with Crippen LogP contribution >= 0.6 is 27.3 Å². The topological polar surface area (TPSA) is 72.0 Å². The van der Waals surface area contributed by atoms with Crippen molar-refractivity contribution in [2.24, 2.45) is 0 Å². The molecule has 16 heavy (non-hydrogen) atoms. The van der Waals surface area contributed by atoms with Gasteiger partial charge in [0.25, 0.3) is 10.0 Å². The molecule has 0 saturated carbocycles. The van der Waals surface area contributed by atoms with Gasteiger partial charge in [-0.15, -0.1) is 11.3 Å². The van der Waals surface area contributed by atoms with Crippen LogP contribution in [0.1, 0.15) is 0 Å². The highest BCUT2D eigenvalue weighted by molar-refractivity contribution is 9.11. The first-order valence-electron chi connectivity index (χ1n) is 4.11. The number of nitrogens with one attached hydrogen (secondary N) is 1. The van der Waals surface area contributed by atoms with E-state index in [9.17, 15) is 8.42 Å². The van der Waals surface area contributed by atoms with Crippen LogP contribution in [0.5, 0.6) is 0 Å². The quantitative estimate of drug-likeness (QED) is 0.940. The van der Waals surface area contributed by atoms with Gasteiger partial charge in [-0.2, -0.15) is 0 Å². The van der Waals surface area contributed by atoms with E-state index in [1.807, 2.05) is 0 Å². The van der Waals surface area contributed by atoms with Gasteiger partial charge in [-0.1, -0.05) is 0 Å². The number of anilines is 1. The third-order valence-electron chi connectivity index (χ3n) is 1.63. The Morgan fingerprint density at radius 2 is 1.94 bits per heavy atom. The van der Waals surface area contributed by atoms with Gasteiger partial charge < -0.3 is 0 Å². The highest BCUT2D eigenvalue weighted by Gasteiger charge is 2.16. The first-order valence-corrected chi connectivity index (χ1v) is 7.20. The van der Waals surface area contributed by atoms with Crippen molar-refractivity contribution in [3.05, 3.63) is 34.6 Å². The summed E-state index contributed by atoms with van der Waals surface area (Å²) < 4.78 is 27.1. The van der Waals surface area contributed by atoms with Crippen molar-refractivity contribution >= 4 is 43.0 Å². The number of thiophene rings is 1. The molecule has 0 atom stereocenters. The molecule has 0 amide bonds. The van der Waals surface area contributed by atoms with Crippen LogP contribution in [-0.2, 0) is 10.0 Å². The zero-order valence-electron chi connectivity index (χ0n) is 7.79. The Morgan fingerprint density at radius 1 is 1.25 bits per heavy atom. The molecule has 0 bridgehead atoms. The molecule has 2 rings (SSSR count). The molecule has 0 spiro atoms. The lowest BCUT2D eigenvalue weighted by atomic mass is 10.6. The largest absolute Gasteiger partial charge is 0.276 e. The van der Waals surface area contributed by atoms with Gasteiger partial charge in [0, 0.05) is 0 Å². The van der Waals surface area contributed by atoms with Crippen LogP contribution in [0, 0.1) is 0 Å². The Balaban J connectivity index is 2.28. The molecule has 0 unspecified atom stereocenters. The summed E-state index contributed by atoms with van der Waals surface area (Å²) in [6.07, 6.45) is 4.12. The van der Waals surface area contributed by atoms with Gasteiger partial charge >= 0.3 is 0 Å². The summed E-state index contributed by atoms with van der Waals surface area (Å²) in [6, 6.07) is 3.21. The van der Waals surface area contributed by atoms with E-state index in [0.29, 0.717) is 5.69 Å². The van der Waals surface area contributed by atoms with Crippen LogP contribution in [0.2, 0.25) is 0 Å². The van der Waals surface area contributed by atoms with E-state index < -0.39 is 10.0 Å². The standard InChI is InChI=1S/C8H6BrN3O2S2/c9-7-1-2-8(15-7)16(13,14)12-6-3-10-5-11-4-6/h1-5,12H. The van der Waals surface area contributed by atoms with Crippen LogP contribution in [0.4, 0.5) is 5.69 Å². The lowest BCUT2D eigenvalue weighted by Gasteiger charge is -2.03. The molecule has 0 aliphatic rings. The van der Waals surface area contributed by atoms with Gasteiger partial charge in [0.1, 0.15) is 10.5 Å². The minimum Gasteiger partial charge on any atom is -0.276 e. The second-order valence-corrected chi connectivity index (χ2v) is 7.16. The maximum Gasteiger partial charge on any atom is 0.271 e. The van der Waals surface area contributed by atoms with Gasteiger partial charge in [-0.25, -0.2) is 18.4 Å². The van der Waals surface area contributed by atoms with Crippen molar-refractivity contribution < 1.29 is 8.42 Å². The van der Waals surface area contributed by atoms with Crippen molar-refractivity contribution in [3.63, 3.8) is 0 Å². The average molecular weight is 320 g/mol. The van der Waals surface area contributed by atoms with Crippen molar-refractivity contribution in [2.75, 3.05) is 4.72 Å². The van der Waals surface area contributed by atoms with E-state index in [0.717, 1.165) is 15.1 Å². The van der Waals surface area contributed by atoms with Gasteiger partial charge in [-0.05, 0) is 28.1 Å². The summed E-state index contributed by atoms with van der Waals surface area (Å²) in [7, 11) is -3.53. The molecule has 0 saturated heterocycles. The van der Waals surface area contributed by atoms with Crippen LogP contribution in [0.15, 0.2) is 38.8 Å². The molecule has 0 fully saturated rings. The summed E-state index contributed by atoms with van der Waals surface area (Å²) in [5.41, 5.74) is 0.340. The number of sulfonamides is 1. The van der Waals surface area contributed by atoms with Gasteiger partial charge in [0.05, 0.1) is 21.9 Å². The normalized spacial score (nSPS) is 11.3. The number of nitrogens with zero attached hydrogens (tertiary/aromatic N) is 2. The molecule has 0 aliphatic carbocycles. The summed E-state index contributed by atoms with van der Waals surface area (Å²) in [5, 5.41) is 0. The third kappa shape index (κ3) is 2.57. The highest BCUT2D eigenvalue weighted by atomic mass is 79.9. The van der Waals surface area contributed by atoms with Crippen LogP contribution < -0.4 is 4.72 Å². The molecule has 2 aromatic rings. The minimum atomic E-state index is -3.53. The van der Waals surface area contributed by atoms with E-state index >= 15 is 0 Å². The summed E-state index contributed by atoms with van der Waals surface area (Å²) in [4.78, 5) is 7.45. The molecule has 2 aromatic heterocycles. The SMILES string of the molecule is O=S(=O)(Nc1cncnc1)c1ccc(Br)s1. The first kappa shape index (κ1) is 11.5. The molecule has 2 heterocycles. The number of halogens is 1. The molecule has 0 radical (unpaired) electrons. The number of hydrogen-bond donors (Lipinski definition) is 1. The summed E-state index contributed by atoms with van der Waals surface area (Å²) in [5.74, 6) is 0. The smallest absolute Gasteiger partial charge is 0.271 e. The number of aromatic nitrogens is 2. The second-order valence-electron chi connectivity index (χ2n) is 2.79. The Bertz CT molecular complexity index is 582. The Hall–Kier alpha value is -0.990. The van der Waals surface area contributed by atoms with Gasteiger partial charge in [0.2, 0.25) is 0 Å². The molecular weight excluding hydrogens is 314 g/mol. The maximum atomic E-state index is 11.8. The second kappa shape index (κ2) is 4.48. The fourth-order valence-electron chi connectivity index (χ4n) is 0.999. The van der Waals surface area contributed by atoms with Crippen LogP contribution in [0.25, 0.3) is 0 Å². The van der Waals surface area contributed by atoms with Gasteiger partial charge in [-0.3, -0.25) is 4.72 Å². The van der Waals surface area contributed by atoms with E-state index in [-0.39, 0.29) is 4.21 Å². The van der Waals surface area contributed by atoms with E-state index in [4.69, 9.17) is 0 Å². The minimum absolute atomic E-state index is 0.239. The predicted octanol–water partition coefficient (Wildman–Crippen LogP) is 2.10. The van der Waals surface area contributed by atoms with Crippen molar-refractivity contribution in [3.8, 4) is 0 Å². The van der Waals surface area contributed by atoms with Gasteiger partial charge in [0.15, 0.2) is 0 Å². The predicted molar refractivity (Wildman–Crippen MR) is 64.9 cm³/mol. The van der Waals surface area contributed by atoms with Crippen LogP contribution in [0.3, 0.4) is 0 Å². The third-order valence-corrected chi connectivity index (χ3v) is 5.12. The summed E-state index contributed by atoms with van der Waals surface area (Å²) in [6.45, 7) is 0. The molecule has 5 nitrogen and oxygen atoms in total. The first-order chi connectivity index (χ1) is 7.58. The van der Waals surface area contributed by atoms with Crippen molar-refractivity contribution in [1.29, 1.82) is 0 Å². The molecule has 0 aliphatic heterocycles. The Morgan fingerprint density at radius 3 is 2.50 bits per heavy atom. The lowest BCUT2D eigenvalue weighted by Crippen LogP contribution is -2.11. The zero-order valence-corrected chi connectivity index (χ0v) is 11.0. The fraction of sp³-hybridized carbons (Fsp3) is 0. The number of rotatable bonds is 3. The molecule has 0 aromatic carbocycles. The Kier molecular flexibility index (Phi) is 3.22. The maximum absolute atomic E-state index is 11.8. The summed E-state index contributed by atoms with van der Waals surface area (Å²) >= 11 is 4.35. The fourth-order valence-corrected chi connectivity index (χ4v) is 4.04. The van der Waals surface area contributed by atoms with Crippen LogP contribution in [-0.4, -0.2) is 18.4 Å². The molecule has 84 valence electrons. The van der Waals surface area contributed by atoms with Crippen molar-refractivity contribution in [1.82, 2.24) is 9.97 Å². The lowest BCUT2D eigenvalue weighted by molar-refractivity contribution is 0.603. The monoisotopic (exact) mass is 319 g/mol. The average Bonchev–Trinajstić information content (AvgIpc) is 2.66. The molecule has 1 N–H and O–H groups in total. The molecule has 8 heteroatoms.